The molecule has 6 aliphatic rings. The minimum absolute atomic E-state index is 0. The predicted molar refractivity (Wildman–Crippen MR) is 347 cm³/mol. The molecule has 8 bridgehead atoms. The summed E-state index contributed by atoms with van der Waals surface area (Å²) in [6, 6.07) is 2.65. The summed E-state index contributed by atoms with van der Waals surface area (Å²) in [6.45, 7) is 23.7. The van der Waals surface area contributed by atoms with E-state index in [0.29, 0.717) is 56.4 Å². The van der Waals surface area contributed by atoms with E-state index in [9.17, 15) is 53.2 Å². The summed E-state index contributed by atoms with van der Waals surface area (Å²) in [5.74, 6) is -7.40. The summed E-state index contributed by atoms with van der Waals surface area (Å²) in [4.78, 5) is 142. The van der Waals surface area contributed by atoms with E-state index in [1.807, 2.05) is 80.5 Å². The molecule has 1 aromatic carbocycles. The van der Waals surface area contributed by atoms with Gasteiger partial charge in [0.2, 0.25) is 41.4 Å². The van der Waals surface area contributed by atoms with Crippen molar-refractivity contribution in [3.05, 3.63) is 75.8 Å². The number of fused-ring (bicyclic) bond motifs is 7. The molecule has 15 atom stereocenters. The first kappa shape index (κ1) is 80.3. The second kappa shape index (κ2) is 31.2. The van der Waals surface area contributed by atoms with Gasteiger partial charge in [0.1, 0.15) is 18.3 Å². The Morgan fingerprint density at radius 1 is 0.814 bits per heavy atom. The number of nitrogens with zero attached hydrogens (tertiary/aromatic N) is 7. The van der Waals surface area contributed by atoms with Crippen LogP contribution >= 0.6 is 7.82 Å². The van der Waals surface area contributed by atoms with Crippen molar-refractivity contribution in [2.24, 2.45) is 94.7 Å². The van der Waals surface area contributed by atoms with Gasteiger partial charge in [-0.1, -0.05) is 47.1 Å². The van der Waals surface area contributed by atoms with Gasteiger partial charge in [-0.2, -0.15) is 5.70 Å². The third kappa shape index (κ3) is 16.7. The van der Waals surface area contributed by atoms with Crippen molar-refractivity contribution >= 4 is 86.5 Å². The zero-order valence-corrected chi connectivity index (χ0v) is 59.2. The van der Waals surface area contributed by atoms with Gasteiger partial charge in [-0.3, -0.25) is 57.6 Å². The van der Waals surface area contributed by atoms with Gasteiger partial charge in [0.25, 0.3) is 7.82 Å². The molecule has 0 saturated carbocycles. The number of aliphatic hydroxyl groups excluding tert-OH is 2. The number of phosphoric ester groups is 1. The number of aliphatic hydroxyl groups is 2. The van der Waals surface area contributed by atoms with Crippen LogP contribution in [0.25, 0.3) is 16.4 Å². The maximum absolute atomic E-state index is 14.4. The quantitative estimate of drug-likeness (QED) is 0.0363. The minimum Gasteiger partial charge on any atom is -0.756 e. The van der Waals surface area contributed by atoms with E-state index in [1.165, 1.54) is 17.8 Å². The number of primary amides is 6. The number of amides is 7. The summed E-state index contributed by atoms with van der Waals surface area (Å²) in [5, 5.41) is 36.4. The number of phosphoric acid groups is 1. The monoisotopic (exact) mass is 1430 g/mol. The van der Waals surface area contributed by atoms with Crippen LogP contribution in [0.15, 0.2) is 67.8 Å². The summed E-state index contributed by atoms with van der Waals surface area (Å²) < 4.78 is 40.6. The fourth-order valence-electron chi connectivity index (χ4n) is 15.3. The van der Waals surface area contributed by atoms with Crippen LogP contribution in [-0.4, -0.2) is 146 Å². The molecule has 7 amide bonds. The molecule has 0 radical (unpaired) electrons. The second-order valence-corrected chi connectivity index (χ2v) is 29.2. The van der Waals surface area contributed by atoms with Gasteiger partial charge in [-0.15, -0.1) is 0 Å². The molecule has 0 aliphatic carbocycles. The van der Waals surface area contributed by atoms with E-state index >= 15 is 0 Å². The molecule has 7 heterocycles. The third-order valence-electron chi connectivity index (χ3n) is 20.5. The number of rotatable bonds is 26. The summed E-state index contributed by atoms with van der Waals surface area (Å²) in [6.07, 6.45) is -4.79. The first-order chi connectivity index (χ1) is 44.6. The number of carbonyl (C=O) groups excluding carboxylic acids is 7. The largest absolute Gasteiger partial charge is 3.00 e. The van der Waals surface area contributed by atoms with Gasteiger partial charge in [0.15, 0.2) is 6.23 Å². The number of aliphatic imine (C=N–C) groups is 3. The van der Waals surface area contributed by atoms with Crippen molar-refractivity contribution in [3.63, 3.8) is 0 Å². The number of aromatic nitrogens is 2. The topological polar surface area (TPSA) is 546 Å². The molecule has 2 saturated heterocycles. The average molecular weight is 1430 g/mol. The van der Waals surface area contributed by atoms with Gasteiger partial charge in [-0.25, -0.2) is 4.98 Å². The standard InChI is InChI=1S/C62H90N13O14P.CN.Co.H2O3Si/c1-29-20-39-40(21-30(29)2)75(28-70-39)57-52(84)53(41(27-76)87-57)89-90(85,86)88-31(3)26-69-49(83)18-19-59(8)37(22-46(66)80)56-62(11)61(10,25-48(68)82)36(14-17-45(65)79)51(74-62)33(5)55-60(9,24-47(67)81)34(12-15-43(63)77)38(71-55)23-42-58(6,7)35(13-16-44(64)78)50(72-42)32(4)54(59)73-56;1-2;;1-4(2)3/h20-21,23,28,31,34-37,41,52-53,56-57,76,84H,12-19,22,24-27H2,1-11H3,(H15,63,64,65,66,67,68,69,71,72,73,74,77,78,79,80,81,82,83,85,86);;;1-2H/q;-1;+3;/p-2/t31?,34-,35-,36-,37+,41-,52-,53-,56-,57+,59-,60+,61+,62+;;;/m1.../s1. The van der Waals surface area contributed by atoms with Crippen molar-refractivity contribution < 1.29 is 97.8 Å². The first-order valence-electron chi connectivity index (χ1n) is 31.4. The Morgan fingerprint density at radius 3 is 1.92 bits per heavy atom. The minimum atomic E-state index is -5.32. The molecule has 17 N–H and O–H groups in total. The van der Waals surface area contributed by atoms with Gasteiger partial charge < -0.3 is 99.9 Å². The number of allylic oxidation sites excluding steroid dienone is 6. The first-order valence-corrected chi connectivity index (χ1v) is 34.1. The van der Waals surface area contributed by atoms with E-state index < -0.39 is 153 Å². The van der Waals surface area contributed by atoms with Crippen LogP contribution in [0, 0.1) is 71.0 Å². The Balaban J connectivity index is 0.00000234. The number of nitrogens with two attached hydrogens (primary N) is 6. The maximum atomic E-state index is 14.4. The summed E-state index contributed by atoms with van der Waals surface area (Å²) >= 11 is 0. The number of carbonyl (C=O) groups is 7. The number of imidazole rings is 1. The van der Waals surface area contributed by atoms with E-state index in [2.05, 4.69) is 10.3 Å². The Morgan fingerprint density at radius 2 is 1.37 bits per heavy atom. The number of ether oxygens (including phenoxy) is 1. The molecule has 34 heteroatoms. The molecule has 31 nitrogen and oxygen atoms in total. The van der Waals surface area contributed by atoms with Gasteiger partial charge in [0, 0.05) is 114 Å². The number of nitrogens with one attached hydrogen (secondary N) is 1. The van der Waals surface area contributed by atoms with Crippen LogP contribution in [0.3, 0.4) is 0 Å². The zero-order chi connectivity index (χ0) is 72.3. The Hall–Kier alpha value is -7.39. The molecule has 6 aliphatic heterocycles. The molecular weight excluding hydrogens is 1340 g/mol. The number of hydrogen-bond donors (Lipinski definition) is 11. The van der Waals surface area contributed by atoms with E-state index in [0.717, 1.165) is 11.1 Å². The molecule has 8 rings (SSSR count). The number of aryl methyl sites for hydroxylation is 2. The third-order valence-corrected chi connectivity index (χ3v) is 21.6. The Kier molecular flexibility index (Phi) is 25.8. The zero-order valence-electron chi connectivity index (χ0n) is 56.2. The summed E-state index contributed by atoms with van der Waals surface area (Å²) in [7, 11) is -8.45. The Bertz CT molecular complexity index is 3720. The van der Waals surface area contributed by atoms with Crippen LogP contribution in [0.5, 0.6) is 0 Å². The molecule has 0 spiro atoms. The molecule has 2 aromatic rings. The van der Waals surface area contributed by atoms with E-state index in [-0.39, 0.29) is 94.0 Å². The molecule has 2 fully saturated rings. The van der Waals surface area contributed by atoms with Crippen LogP contribution in [0.1, 0.15) is 150 Å². The molecule has 1 aromatic heterocycles. The van der Waals surface area contributed by atoms with Gasteiger partial charge >= 0.3 is 25.9 Å². The molecule has 532 valence electrons. The van der Waals surface area contributed by atoms with Gasteiger partial charge in [-0.05, 0) is 118 Å². The summed E-state index contributed by atoms with van der Waals surface area (Å²) in [5.41, 5.74) is 36.7. The molecule has 97 heavy (non-hydrogen) atoms. The Labute approximate surface area is 574 Å². The van der Waals surface area contributed by atoms with Crippen molar-refractivity contribution in [3.8, 4) is 0 Å². The van der Waals surface area contributed by atoms with E-state index in [1.54, 1.807) is 6.92 Å². The second-order valence-electron chi connectivity index (χ2n) is 27.3. The van der Waals surface area contributed by atoms with E-state index in [4.69, 9.17) is 94.4 Å². The van der Waals surface area contributed by atoms with Gasteiger partial charge in [0.05, 0.1) is 30.1 Å². The van der Waals surface area contributed by atoms with Crippen molar-refractivity contribution in [2.45, 2.75) is 189 Å². The molecular formula is C63H90CoN14O17PSi. The van der Waals surface area contributed by atoms with Crippen LogP contribution in [0.2, 0.25) is 0 Å². The predicted octanol–water partition coefficient (Wildman–Crippen LogP) is 1.80. The van der Waals surface area contributed by atoms with Crippen LogP contribution in [-0.2, 0) is 73.2 Å². The van der Waals surface area contributed by atoms with Crippen molar-refractivity contribution in [1.29, 1.82) is 5.26 Å². The SMILES string of the molecule is C/C1=C2N=C(/C=C3N=C(/C(C)=C4\[N-][C@@](C)([C@@H]5N=C1[C@](C)(CCC(=O)NCC(C)OP(=O)([O-])O[C@H]1[C@@H](O)[C@@H](n6cnc7cc(C)c(C)cc76)O[C@@H]1CO)[C@H]5CC(N)=O)[C@@](C)(CC(N)=O)[C@@H]4CCC(N)=O)[C@@](C)(CC(N)=O)[C@@H]\3CCC(N)=O)C(C)(C)[C@@H]/2CCC(N)=O.O=[Si](O)O.[C-]#N.[Co+3]. The van der Waals surface area contributed by atoms with Crippen LogP contribution < -0.4 is 44.6 Å². The maximum Gasteiger partial charge on any atom is 3.00 e. The smallest absolute Gasteiger partial charge is 0.756 e. The average Bonchev–Trinajstić information content (AvgIpc) is 1.53. The van der Waals surface area contributed by atoms with Crippen molar-refractivity contribution in [2.75, 3.05) is 13.2 Å². The number of hydrogen-bond acceptors (Lipinski definition) is 20. The normalized spacial score (nSPS) is 32.0. The molecule has 2 unspecified atom stereocenters. The number of benzene rings is 1. The fourth-order valence-corrected chi connectivity index (χ4v) is 16.4. The van der Waals surface area contributed by atoms with Crippen LogP contribution in [0.4, 0.5) is 0 Å². The van der Waals surface area contributed by atoms with Crippen molar-refractivity contribution in [1.82, 2.24) is 14.9 Å². The fraction of sp³-hybridized carbons (Fsp3) is 0.619.